The molecule has 3 fully saturated rings. The molecule has 2 aliphatic heterocycles. The number of nitrogens with one attached hydrogen (secondary N) is 1. The summed E-state index contributed by atoms with van der Waals surface area (Å²) in [6.07, 6.45) is 5.60. The molecule has 0 spiro atoms. The van der Waals surface area contributed by atoms with Crippen LogP contribution in [0.2, 0.25) is 0 Å². The zero-order valence-electron chi connectivity index (χ0n) is 15.5. The van der Waals surface area contributed by atoms with E-state index in [2.05, 4.69) is 32.1 Å². The number of piperidine rings is 2. The van der Waals surface area contributed by atoms with E-state index in [0.717, 1.165) is 31.0 Å². The van der Waals surface area contributed by atoms with Gasteiger partial charge in [-0.05, 0) is 56.8 Å². The fourth-order valence-corrected chi connectivity index (χ4v) is 4.40. The Morgan fingerprint density at radius 2 is 2.00 bits per heavy atom. The van der Waals surface area contributed by atoms with Gasteiger partial charge in [0.25, 0.3) is 5.91 Å². The third-order valence-electron chi connectivity index (χ3n) is 5.94. The highest BCUT2D eigenvalue weighted by molar-refractivity contribution is 5.98. The molecule has 5 rings (SSSR count). The van der Waals surface area contributed by atoms with E-state index in [0.29, 0.717) is 29.0 Å². The van der Waals surface area contributed by atoms with E-state index in [1.807, 2.05) is 26.1 Å². The summed E-state index contributed by atoms with van der Waals surface area (Å²) >= 11 is 0. The molecule has 2 atom stereocenters. The number of nitrogens with zero attached hydrogens (tertiary/aromatic N) is 4. The number of carbonyl (C=O) groups excluding carboxylic acids is 1. The normalized spacial score (nSPS) is 27.1. The van der Waals surface area contributed by atoms with Gasteiger partial charge in [0, 0.05) is 36.7 Å². The lowest BCUT2D eigenvalue weighted by Gasteiger charge is -2.57. The minimum atomic E-state index is 0.00593. The molecule has 6 heteroatoms. The van der Waals surface area contributed by atoms with Gasteiger partial charge < -0.3 is 10.2 Å². The van der Waals surface area contributed by atoms with Crippen LogP contribution in [-0.2, 0) is 0 Å². The summed E-state index contributed by atoms with van der Waals surface area (Å²) in [7, 11) is 1.95. The fourth-order valence-electron chi connectivity index (χ4n) is 4.40. The number of amides is 1. The second-order valence-electron chi connectivity index (χ2n) is 7.50. The Morgan fingerprint density at radius 1 is 1.27 bits per heavy atom. The number of carbonyl (C=O) groups is 1. The van der Waals surface area contributed by atoms with E-state index in [4.69, 9.17) is 0 Å². The molecule has 2 aromatic rings. The second-order valence-corrected chi connectivity index (χ2v) is 7.50. The van der Waals surface area contributed by atoms with Gasteiger partial charge in [-0.2, -0.15) is 0 Å². The van der Waals surface area contributed by atoms with Gasteiger partial charge in [-0.15, -0.1) is 0 Å². The first kappa shape index (κ1) is 17.1. The molecule has 2 bridgehead atoms. The summed E-state index contributed by atoms with van der Waals surface area (Å²) in [4.78, 5) is 28.9. The SMILES string of the molecule is CNCC1C(C)C2CC(C2)N1C(=O)c1nc(C)ccc1-c1ncccn1. The molecule has 136 valence electrons. The first-order valence-electron chi connectivity index (χ1n) is 9.32. The quantitative estimate of drug-likeness (QED) is 0.915. The van der Waals surface area contributed by atoms with Crippen LogP contribution in [0.1, 0.15) is 35.9 Å². The number of fused-ring (bicyclic) bond motifs is 2. The van der Waals surface area contributed by atoms with Crippen molar-refractivity contribution in [3.63, 3.8) is 0 Å². The number of pyridine rings is 1. The minimum Gasteiger partial charge on any atom is -0.330 e. The van der Waals surface area contributed by atoms with Crippen LogP contribution in [0.5, 0.6) is 0 Å². The van der Waals surface area contributed by atoms with Crippen LogP contribution >= 0.6 is 0 Å². The van der Waals surface area contributed by atoms with Crippen molar-refractivity contribution in [2.75, 3.05) is 13.6 Å². The molecule has 1 aliphatic carbocycles. The predicted octanol–water partition coefficient (Wildman–Crippen LogP) is 2.31. The number of rotatable bonds is 4. The first-order valence-corrected chi connectivity index (χ1v) is 9.32. The van der Waals surface area contributed by atoms with Crippen molar-refractivity contribution in [3.8, 4) is 11.4 Å². The van der Waals surface area contributed by atoms with Crippen molar-refractivity contribution in [2.24, 2.45) is 11.8 Å². The Morgan fingerprint density at radius 3 is 2.69 bits per heavy atom. The molecular formula is C20H25N5O. The van der Waals surface area contributed by atoms with Crippen molar-refractivity contribution in [1.82, 2.24) is 25.2 Å². The van der Waals surface area contributed by atoms with E-state index in [1.165, 1.54) is 0 Å². The number of hydrogen-bond donors (Lipinski definition) is 1. The maximum Gasteiger partial charge on any atom is 0.273 e. The molecule has 0 aromatic carbocycles. The molecule has 2 unspecified atom stereocenters. The zero-order valence-corrected chi connectivity index (χ0v) is 15.5. The predicted molar refractivity (Wildman–Crippen MR) is 99.6 cm³/mol. The van der Waals surface area contributed by atoms with Gasteiger partial charge in [0.05, 0.1) is 5.56 Å². The third kappa shape index (κ3) is 2.78. The molecule has 3 aliphatic rings. The molecule has 2 aromatic heterocycles. The fraction of sp³-hybridized carbons (Fsp3) is 0.500. The third-order valence-corrected chi connectivity index (χ3v) is 5.94. The van der Waals surface area contributed by atoms with E-state index >= 15 is 0 Å². The first-order chi connectivity index (χ1) is 12.6. The maximum absolute atomic E-state index is 13.6. The summed E-state index contributed by atoms with van der Waals surface area (Å²) in [5.41, 5.74) is 2.00. The highest BCUT2D eigenvalue weighted by atomic mass is 16.2. The molecule has 26 heavy (non-hydrogen) atoms. The largest absolute Gasteiger partial charge is 0.330 e. The van der Waals surface area contributed by atoms with Crippen LogP contribution < -0.4 is 5.32 Å². The molecular weight excluding hydrogens is 326 g/mol. The molecule has 6 nitrogen and oxygen atoms in total. The Labute approximate surface area is 154 Å². The van der Waals surface area contributed by atoms with Crippen molar-refractivity contribution < 1.29 is 4.79 Å². The molecule has 1 saturated carbocycles. The van der Waals surface area contributed by atoms with Crippen LogP contribution in [0, 0.1) is 18.8 Å². The lowest BCUT2D eigenvalue weighted by molar-refractivity contribution is -0.0536. The Bertz CT molecular complexity index is 803. The van der Waals surface area contributed by atoms with Crippen LogP contribution in [0.25, 0.3) is 11.4 Å². The van der Waals surface area contributed by atoms with Gasteiger partial charge in [-0.1, -0.05) is 6.92 Å². The van der Waals surface area contributed by atoms with Crippen molar-refractivity contribution in [2.45, 2.75) is 38.8 Å². The monoisotopic (exact) mass is 351 g/mol. The topological polar surface area (TPSA) is 71.0 Å². The van der Waals surface area contributed by atoms with Crippen molar-refractivity contribution in [3.05, 3.63) is 42.0 Å². The summed E-state index contributed by atoms with van der Waals surface area (Å²) in [6, 6.07) is 6.13. The van der Waals surface area contributed by atoms with Gasteiger partial charge in [-0.25, -0.2) is 15.0 Å². The smallest absolute Gasteiger partial charge is 0.273 e. The average Bonchev–Trinajstić information content (AvgIpc) is 2.62. The Kier molecular flexibility index (Phi) is 4.44. The number of aromatic nitrogens is 3. The number of likely N-dealkylation sites (N-methyl/N-ethyl adjacent to an activating group) is 1. The van der Waals surface area contributed by atoms with Crippen LogP contribution in [0.15, 0.2) is 30.6 Å². The number of hydrogen-bond acceptors (Lipinski definition) is 5. The molecule has 2 saturated heterocycles. The van der Waals surface area contributed by atoms with Gasteiger partial charge in [-0.3, -0.25) is 4.79 Å². The molecule has 0 radical (unpaired) electrons. The van der Waals surface area contributed by atoms with Crippen LogP contribution in [0.3, 0.4) is 0 Å². The van der Waals surface area contributed by atoms with Crippen LogP contribution in [0.4, 0.5) is 0 Å². The highest BCUT2D eigenvalue weighted by Gasteiger charge is 2.50. The van der Waals surface area contributed by atoms with Crippen LogP contribution in [-0.4, -0.2) is 51.4 Å². The van der Waals surface area contributed by atoms with E-state index in [-0.39, 0.29) is 11.9 Å². The molecule has 4 heterocycles. The van der Waals surface area contributed by atoms with Crippen molar-refractivity contribution in [1.29, 1.82) is 0 Å². The summed E-state index contributed by atoms with van der Waals surface area (Å²) in [6.45, 7) is 4.99. The van der Waals surface area contributed by atoms with E-state index in [1.54, 1.807) is 18.5 Å². The highest BCUT2D eigenvalue weighted by Crippen LogP contribution is 2.46. The van der Waals surface area contributed by atoms with Gasteiger partial charge >= 0.3 is 0 Å². The summed E-state index contributed by atoms with van der Waals surface area (Å²) in [5.74, 6) is 1.79. The molecule has 1 N–H and O–H groups in total. The summed E-state index contributed by atoms with van der Waals surface area (Å²) < 4.78 is 0. The number of aryl methyl sites for hydroxylation is 1. The Balaban J connectivity index is 1.75. The minimum absolute atomic E-state index is 0.00593. The van der Waals surface area contributed by atoms with Gasteiger partial charge in [0.2, 0.25) is 0 Å². The second kappa shape index (κ2) is 6.76. The lowest BCUT2D eigenvalue weighted by atomic mass is 9.64. The van der Waals surface area contributed by atoms with Crippen molar-refractivity contribution >= 4 is 5.91 Å². The van der Waals surface area contributed by atoms with Gasteiger partial charge in [0.15, 0.2) is 5.82 Å². The van der Waals surface area contributed by atoms with E-state index in [9.17, 15) is 4.79 Å². The molecule has 1 amide bonds. The zero-order chi connectivity index (χ0) is 18.3. The lowest BCUT2D eigenvalue weighted by Crippen LogP contribution is -2.65. The summed E-state index contributed by atoms with van der Waals surface area (Å²) in [5, 5.41) is 3.26. The van der Waals surface area contributed by atoms with E-state index < -0.39 is 0 Å². The standard InChI is InChI=1S/C20H25N5O/c1-12-5-6-16(19-22-7-4-8-23-19)18(24-12)20(26)25-15-9-14(10-15)13(2)17(25)11-21-3/h4-8,13-15,17,21H,9-11H2,1-3H3. The van der Waals surface area contributed by atoms with Gasteiger partial charge in [0.1, 0.15) is 5.69 Å². The maximum atomic E-state index is 13.6. The average molecular weight is 351 g/mol. The Hall–Kier alpha value is -2.34.